The van der Waals surface area contributed by atoms with Gasteiger partial charge >= 0.3 is 0 Å². The Morgan fingerprint density at radius 3 is 2.47 bits per heavy atom. The summed E-state index contributed by atoms with van der Waals surface area (Å²) < 4.78 is 0. The molecule has 30 heavy (non-hydrogen) atoms. The van der Waals surface area contributed by atoms with Gasteiger partial charge in [0, 0.05) is 18.7 Å². The first-order valence-corrected chi connectivity index (χ1v) is 10.3. The molecule has 7 nitrogen and oxygen atoms in total. The molecule has 0 aromatic heterocycles. The van der Waals surface area contributed by atoms with Crippen LogP contribution in [0.4, 0.5) is 11.4 Å². The fourth-order valence-corrected chi connectivity index (χ4v) is 3.62. The molecular formula is C22H25ClN4O3. The zero-order chi connectivity index (χ0) is 21.5. The Balaban J connectivity index is 1.63. The smallest absolute Gasteiger partial charge is 0.253 e. The number of halogens is 1. The fraction of sp³-hybridized carbons (Fsp3) is 0.318. The molecule has 0 bridgehead atoms. The SMILES string of the molecule is CNC(=O)c1ccc(Cl)c(NCC(=O)Nc2ccccc2C(=O)NC2CCCC2)c1. The van der Waals surface area contributed by atoms with Gasteiger partial charge < -0.3 is 21.3 Å². The molecule has 158 valence electrons. The predicted molar refractivity (Wildman–Crippen MR) is 118 cm³/mol. The second-order valence-electron chi connectivity index (χ2n) is 7.18. The summed E-state index contributed by atoms with van der Waals surface area (Å²) in [6.07, 6.45) is 4.22. The summed E-state index contributed by atoms with van der Waals surface area (Å²) >= 11 is 6.16. The fourth-order valence-electron chi connectivity index (χ4n) is 3.44. The summed E-state index contributed by atoms with van der Waals surface area (Å²) in [6.45, 7) is -0.0739. The number of benzene rings is 2. The number of carbonyl (C=O) groups excluding carboxylic acids is 3. The summed E-state index contributed by atoms with van der Waals surface area (Å²) in [4.78, 5) is 36.9. The quantitative estimate of drug-likeness (QED) is 0.543. The van der Waals surface area contributed by atoms with Crippen molar-refractivity contribution in [2.45, 2.75) is 31.7 Å². The molecule has 8 heteroatoms. The summed E-state index contributed by atoms with van der Waals surface area (Å²) in [5, 5.41) is 11.7. The molecule has 0 unspecified atom stereocenters. The Labute approximate surface area is 180 Å². The van der Waals surface area contributed by atoms with Crippen molar-refractivity contribution < 1.29 is 14.4 Å². The molecule has 0 heterocycles. The van der Waals surface area contributed by atoms with Gasteiger partial charge in [0.25, 0.3) is 11.8 Å². The van der Waals surface area contributed by atoms with E-state index in [-0.39, 0.29) is 30.3 Å². The molecule has 4 N–H and O–H groups in total. The molecule has 1 aliphatic rings. The molecule has 1 saturated carbocycles. The second kappa shape index (κ2) is 10.1. The van der Waals surface area contributed by atoms with Gasteiger partial charge in [0.1, 0.15) is 0 Å². The lowest BCUT2D eigenvalue weighted by Crippen LogP contribution is -2.33. The van der Waals surface area contributed by atoms with Crippen LogP contribution in [0.3, 0.4) is 0 Å². The van der Waals surface area contributed by atoms with Crippen molar-refractivity contribution in [3.8, 4) is 0 Å². The molecule has 0 spiro atoms. The van der Waals surface area contributed by atoms with Crippen LogP contribution >= 0.6 is 11.6 Å². The van der Waals surface area contributed by atoms with Crippen LogP contribution in [0.25, 0.3) is 0 Å². The van der Waals surface area contributed by atoms with Crippen molar-refractivity contribution in [2.75, 3.05) is 24.2 Å². The van der Waals surface area contributed by atoms with Gasteiger partial charge in [-0.3, -0.25) is 14.4 Å². The van der Waals surface area contributed by atoms with E-state index < -0.39 is 0 Å². The third-order valence-corrected chi connectivity index (χ3v) is 5.36. The average Bonchev–Trinajstić information content (AvgIpc) is 3.26. The van der Waals surface area contributed by atoms with Crippen LogP contribution in [0.1, 0.15) is 46.4 Å². The molecule has 3 rings (SSSR count). The minimum Gasteiger partial charge on any atom is -0.375 e. The van der Waals surface area contributed by atoms with E-state index in [2.05, 4.69) is 21.3 Å². The van der Waals surface area contributed by atoms with Crippen molar-refractivity contribution >= 4 is 40.7 Å². The Morgan fingerprint density at radius 1 is 1.00 bits per heavy atom. The molecule has 0 aliphatic heterocycles. The zero-order valence-corrected chi connectivity index (χ0v) is 17.5. The maximum absolute atomic E-state index is 12.6. The highest BCUT2D eigenvalue weighted by molar-refractivity contribution is 6.33. The number of nitrogens with one attached hydrogen (secondary N) is 4. The van der Waals surface area contributed by atoms with E-state index in [1.807, 2.05) is 0 Å². The van der Waals surface area contributed by atoms with Gasteiger partial charge in [-0.2, -0.15) is 0 Å². The van der Waals surface area contributed by atoms with Crippen LogP contribution in [-0.4, -0.2) is 37.4 Å². The molecule has 1 fully saturated rings. The summed E-state index contributed by atoms with van der Waals surface area (Å²) in [7, 11) is 1.54. The van der Waals surface area contributed by atoms with Gasteiger partial charge in [0.2, 0.25) is 5.91 Å². The Bertz CT molecular complexity index is 942. The van der Waals surface area contributed by atoms with E-state index in [0.717, 1.165) is 25.7 Å². The van der Waals surface area contributed by atoms with Gasteiger partial charge in [0.05, 0.1) is 28.5 Å². The predicted octanol–water partition coefficient (Wildman–Crippen LogP) is 3.42. The van der Waals surface area contributed by atoms with E-state index in [4.69, 9.17) is 11.6 Å². The normalized spacial score (nSPS) is 13.5. The van der Waals surface area contributed by atoms with Gasteiger partial charge in [-0.05, 0) is 43.2 Å². The number of para-hydroxylation sites is 1. The van der Waals surface area contributed by atoms with Crippen LogP contribution in [0.5, 0.6) is 0 Å². The third kappa shape index (κ3) is 5.51. The first kappa shape index (κ1) is 21.6. The summed E-state index contributed by atoms with van der Waals surface area (Å²) in [5.74, 6) is -0.772. The lowest BCUT2D eigenvalue weighted by Gasteiger charge is -2.15. The van der Waals surface area contributed by atoms with Crippen molar-refractivity contribution in [2.24, 2.45) is 0 Å². The lowest BCUT2D eigenvalue weighted by molar-refractivity contribution is -0.114. The van der Waals surface area contributed by atoms with E-state index in [1.165, 1.54) is 7.05 Å². The number of carbonyl (C=O) groups is 3. The monoisotopic (exact) mass is 428 g/mol. The molecule has 3 amide bonds. The van der Waals surface area contributed by atoms with E-state index >= 15 is 0 Å². The Hall–Kier alpha value is -3.06. The molecule has 2 aromatic carbocycles. The number of hydrogen-bond acceptors (Lipinski definition) is 4. The molecule has 1 aliphatic carbocycles. The maximum Gasteiger partial charge on any atom is 0.253 e. The van der Waals surface area contributed by atoms with Crippen LogP contribution in [0.2, 0.25) is 5.02 Å². The van der Waals surface area contributed by atoms with Gasteiger partial charge in [-0.1, -0.05) is 36.6 Å². The Kier molecular flexibility index (Phi) is 7.30. The number of amides is 3. The summed E-state index contributed by atoms with van der Waals surface area (Å²) in [6, 6.07) is 11.9. The minimum absolute atomic E-state index is 0.0739. The van der Waals surface area contributed by atoms with Crippen molar-refractivity contribution in [1.29, 1.82) is 0 Å². The number of anilines is 2. The van der Waals surface area contributed by atoms with Crippen LogP contribution in [0.15, 0.2) is 42.5 Å². The van der Waals surface area contributed by atoms with E-state index in [1.54, 1.807) is 42.5 Å². The van der Waals surface area contributed by atoms with E-state index in [9.17, 15) is 14.4 Å². The highest BCUT2D eigenvalue weighted by Crippen LogP contribution is 2.23. The topological polar surface area (TPSA) is 99.3 Å². The largest absolute Gasteiger partial charge is 0.375 e. The standard InChI is InChI=1S/C22H25ClN4O3/c1-24-21(29)14-10-11-17(23)19(12-14)25-13-20(28)27-18-9-5-4-8-16(18)22(30)26-15-6-2-3-7-15/h4-5,8-12,15,25H,2-3,6-7,13H2,1H3,(H,24,29)(H,26,30)(H,27,28). The number of hydrogen-bond donors (Lipinski definition) is 4. The molecule has 0 saturated heterocycles. The summed E-state index contributed by atoms with van der Waals surface area (Å²) in [5.41, 5.74) is 1.78. The minimum atomic E-state index is -0.336. The third-order valence-electron chi connectivity index (χ3n) is 5.03. The second-order valence-corrected chi connectivity index (χ2v) is 7.58. The number of rotatable bonds is 7. The highest BCUT2D eigenvalue weighted by Gasteiger charge is 2.20. The molecular weight excluding hydrogens is 404 g/mol. The van der Waals surface area contributed by atoms with Gasteiger partial charge in [-0.25, -0.2) is 0 Å². The first-order valence-electron chi connectivity index (χ1n) is 9.93. The van der Waals surface area contributed by atoms with Gasteiger partial charge in [-0.15, -0.1) is 0 Å². The molecule has 2 aromatic rings. The van der Waals surface area contributed by atoms with Crippen LogP contribution in [-0.2, 0) is 4.79 Å². The van der Waals surface area contributed by atoms with Crippen molar-refractivity contribution in [1.82, 2.24) is 10.6 Å². The van der Waals surface area contributed by atoms with Crippen LogP contribution < -0.4 is 21.3 Å². The zero-order valence-electron chi connectivity index (χ0n) is 16.8. The van der Waals surface area contributed by atoms with Gasteiger partial charge in [0.15, 0.2) is 0 Å². The Morgan fingerprint density at radius 2 is 1.73 bits per heavy atom. The maximum atomic E-state index is 12.6. The van der Waals surface area contributed by atoms with E-state index in [0.29, 0.717) is 27.5 Å². The molecule has 0 atom stereocenters. The highest BCUT2D eigenvalue weighted by atomic mass is 35.5. The van der Waals surface area contributed by atoms with Crippen molar-refractivity contribution in [3.63, 3.8) is 0 Å². The van der Waals surface area contributed by atoms with Crippen LogP contribution in [0, 0.1) is 0 Å². The average molecular weight is 429 g/mol. The van der Waals surface area contributed by atoms with Crippen molar-refractivity contribution in [3.05, 3.63) is 58.6 Å². The lowest BCUT2D eigenvalue weighted by atomic mass is 10.1. The first-order chi connectivity index (χ1) is 14.5. The molecule has 0 radical (unpaired) electrons.